The van der Waals surface area contributed by atoms with Crippen molar-refractivity contribution in [2.24, 2.45) is 0 Å². The van der Waals surface area contributed by atoms with Gasteiger partial charge in [-0.05, 0) is 16.5 Å². The zero-order valence-corrected chi connectivity index (χ0v) is 11.9. The van der Waals surface area contributed by atoms with Crippen molar-refractivity contribution < 1.29 is 9.84 Å². The summed E-state index contributed by atoms with van der Waals surface area (Å²) < 4.78 is 5.22. The Kier molecular flexibility index (Phi) is 3.95. The van der Waals surface area contributed by atoms with E-state index in [1.54, 1.807) is 13.3 Å². The summed E-state index contributed by atoms with van der Waals surface area (Å²) in [5, 5.41) is 12.8. The predicted octanol–water partition coefficient (Wildman–Crippen LogP) is 3.46. The molecule has 1 aromatic heterocycles. The fourth-order valence-electron chi connectivity index (χ4n) is 2.61. The minimum Gasteiger partial charge on any atom is -0.384 e. The van der Waals surface area contributed by atoms with Crippen molar-refractivity contribution in [3.05, 3.63) is 77.6 Å². The molecule has 0 saturated heterocycles. The lowest BCUT2D eigenvalue weighted by molar-refractivity contribution is 0.176. The molecule has 0 aliphatic carbocycles. The molecule has 0 spiro atoms. The molecule has 2 aromatic carbocycles. The molecular weight excluding hydrogens is 262 g/mol. The van der Waals surface area contributed by atoms with Crippen LogP contribution in [0.1, 0.15) is 22.8 Å². The van der Waals surface area contributed by atoms with E-state index in [9.17, 15) is 5.11 Å². The average molecular weight is 279 g/mol. The molecule has 1 unspecified atom stereocenters. The molecule has 0 aliphatic heterocycles. The summed E-state index contributed by atoms with van der Waals surface area (Å²) in [6.45, 7) is 0.478. The number of hydrogen-bond acceptors (Lipinski definition) is 3. The van der Waals surface area contributed by atoms with Crippen molar-refractivity contribution >= 4 is 10.8 Å². The molecule has 3 aromatic rings. The van der Waals surface area contributed by atoms with Crippen LogP contribution in [0.15, 0.2) is 60.9 Å². The van der Waals surface area contributed by atoms with Crippen LogP contribution >= 0.6 is 0 Å². The van der Waals surface area contributed by atoms with Crippen LogP contribution in [0.25, 0.3) is 10.8 Å². The number of aliphatic hydroxyl groups is 1. The minimum atomic E-state index is -0.713. The Labute approximate surface area is 123 Å². The van der Waals surface area contributed by atoms with E-state index < -0.39 is 6.10 Å². The zero-order chi connectivity index (χ0) is 14.7. The second-order valence-electron chi connectivity index (χ2n) is 4.98. The first kappa shape index (κ1) is 13.7. The largest absolute Gasteiger partial charge is 0.384 e. The third-order valence-electron chi connectivity index (χ3n) is 3.64. The molecule has 3 heteroatoms. The Balaban J connectivity index is 2.11. The second-order valence-corrected chi connectivity index (χ2v) is 4.98. The molecule has 21 heavy (non-hydrogen) atoms. The van der Waals surface area contributed by atoms with E-state index in [0.717, 1.165) is 27.5 Å². The van der Waals surface area contributed by atoms with Crippen LogP contribution in [0.5, 0.6) is 0 Å². The number of pyridine rings is 1. The normalized spacial score (nSPS) is 12.5. The molecular formula is C18H17NO2. The molecule has 106 valence electrons. The van der Waals surface area contributed by atoms with Gasteiger partial charge in [-0.1, -0.05) is 48.5 Å². The predicted molar refractivity (Wildman–Crippen MR) is 83.0 cm³/mol. The topological polar surface area (TPSA) is 42.4 Å². The standard InChI is InChI=1S/C18H17NO2/c1-21-12-14-7-3-5-9-16(14)18(20)17-11-19-10-13-6-2-4-8-15(13)17/h2-11,18,20H,12H2,1H3. The number of aliphatic hydroxyl groups excluding tert-OH is 1. The van der Waals surface area contributed by atoms with Gasteiger partial charge in [0.15, 0.2) is 0 Å². The van der Waals surface area contributed by atoms with Crippen LogP contribution in [0.3, 0.4) is 0 Å². The Morgan fingerprint density at radius 3 is 2.62 bits per heavy atom. The van der Waals surface area contributed by atoms with Gasteiger partial charge in [-0.2, -0.15) is 0 Å². The smallest absolute Gasteiger partial charge is 0.106 e. The molecule has 0 bridgehead atoms. The van der Waals surface area contributed by atoms with Crippen molar-refractivity contribution in [1.82, 2.24) is 4.98 Å². The highest BCUT2D eigenvalue weighted by Crippen LogP contribution is 2.30. The van der Waals surface area contributed by atoms with Crippen LogP contribution in [0.4, 0.5) is 0 Å². The lowest BCUT2D eigenvalue weighted by Gasteiger charge is -2.17. The summed E-state index contributed by atoms with van der Waals surface area (Å²) in [6.07, 6.45) is 2.83. The fraction of sp³-hybridized carbons (Fsp3) is 0.167. The Morgan fingerprint density at radius 1 is 1.00 bits per heavy atom. The van der Waals surface area contributed by atoms with Gasteiger partial charge in [0, 0.05) is 30.5 Å². The SMILES string of the molecule is COCc1ccccc1C(O)c1cncc2ccccc12. The van der Waals surface area contributed by atoms with Gasteiger partial charge in [-0.15, -0.1) is 0 Å². The van der Waals surface area contributed by atoms with E-state index in [1.807, 2.05) is 54.7 Å². The summed E-state index contributed by atoms with van der Waals surface area (Å²) in [4.78, 5) is 4.24. The number of rotatable bonds is 4. The maximum absolute atomic E-state index is 10.8. The van der Waals surface area contributed by atoms with Crippen LogP contribution in [-0.4, -0.2) is 17.2 Å². The Morgan fingerprint density at radius 2 is 1.76 bits per heavy atom. The maximum atomic E-state index is 10.8. The van der Waals surface area contributed by atoms with Gasteiger partial charge >= 0.3 is 0 Å². The van der Waals surface area contributed by atoms with Crippen molar-refractivity contribution in [2.45, 2.75) is 12.7 Å². The van der Waals surface area contributed by atoms with Gasteiger partial charge in [0.2, 0.25) is 0 Å². The van der Waals surface area contributed by atoms with E-state index in [1.165, 1.54) is 0 Å². The first-order valence-corrected chi connectivity index (χ1v) is 6.88. The lowest BCUT2D eigenvalue weighted by atomic mass is 9.95. The van der Waals surface area contributed by atoms with Crippen molar-refractivity contribution in [3.63, 3.8) is 0 Å². The van der Waals surface area contributed by atoms with Crippen molar-refractivity contribution in [1.29, 1.82) is 0 Å². The highest BCUT2D eigenvalue weighted by Gasteiger charge is 2.16. The average Bonchev–Trinajstić information content (AvgIpc) is 2.54. The quantitative estimate of drug-likeness (QED) is 0.795. The summed E-state index contributed by atoms with van der Waals surface area (Å²) in [5.41, 5.74) is 2.66. The zero-order valence-electron chi connectivity index (χ0n) is 11.9. The molecule has 0 fully saturated rings. The van der Waals surface area contributed by atoms with Crippen LogP contribution in [-0.2, 0) is 11.3 Å². The van der Waals surface area contributed by atoms with Gasteiger partial charge in [0.05, 0.1) is 6.61 Å². The van der Waals surface area contributed by atoms with Crippen molar-refractivity contribution in [3.8, 4) is 0 Å². The highest BCUT2D eigenvalue weighted by atomic mass is 16.5. The second kappa shape index (κ2) is 6.04. The first-order chi connectivity index (χ1) is 10.3. The first-order valence-electron chi connectivity index (χ1n) is 6.88. The molecule has 1 heterocycles. The van der Waals surface area contributed by atoms with Gasteiger partial charge in [0.25, 0.3) is 0 Å². The highest BCUT2D eigenvalue weighted by molar-refractivity contribution is 5.85. The number of fused-ring (bicyclic) bond motifs is 1. The summed E-state index contributed by atoms with van der Waals surface area (Å²) in [5.74, 6) is 0. The third kappa shape index (κ3) is 2.66. The van der Waals surface area contributed by atoms with Crippen LogP contribution in [0, 0.1) is 0 Å². The molecule has 3 rings (SSSR count). The summed E-state index contributed by atoms with van der Waals surface area (Å²) >= 11 is 0. The summed E-state index contributed by atoms with van der Waals surface area (Å²) in [6, 6.07) is 15.7. The number of aromatic nitrogens is 1. The van der Waals surface area contributed by atoms with Crippen LogP contribution in [0.2, 0.25) is 0 Å². The fourth-order valence-corrected chi connectivity index (χ4v) is 2.61. The summed E-state index contributed by atoms with van der Waals surface area (Å²) in [7, 11) is 1.66. The molecule has 1 atom stereocenters. The van der Waals surface area contributed by atoms with E-state index in [4.69, 9.17) is 4.74 Å². The maximum Gasteiger partial charge on any atom is 0.106 e. The van der Waals surface area contributed by atoms with E-state index in [2.05, 4.69) is 4.98 Å². The lowest BCUT2D eigenvalue weighted by Crippen LogP contribution is -2.05. The van der Waals surface area contributed by atoms with E-state index in [-0.39, 0.29) is 0 Å². The molecule has 0 aliphatic rings. The van der Waals surface area contributed by atoms with Gasteiger partial charge in [-0.3, -0.25) is 4.98 Å². The molecule has 3 nitrogen and oxygen atoms in total. The van der Waals surface area contributed by atoms with E-state index >= 15 is 0 Å². The van der Waals surface area contributed by atoms with Crippen molar-refractivity contribution in [2.75, 3.05) is 7.11 Å². The van der Waals surface area contributed by atoms with Gasteiger partial charge in [-0.25, -0.2) is 0 Å². The number of hydrogen-bond donors (Lipinski definition) is 1. The Bertz CT molecular complexity index is 750. The van der Waals surface area contributed by atoms with E-state index in [0.29, 0.717) is 6.61 Å². The van der Waals surface area contributed by atoms with Gasteiger partial charge < -0.3 is 9.84 Å². The molecule has 1 N–H and O–H groups in total. The Hall–Kier alpha value is -2.23. The number of ether oxygens (including phenoxy) is 1. The number of benzene rings is 2. The molecule has 0 saturated carbocycles. The van der Waals surface area contributed by atoms with Gasteiger partial charge in [0.1, 0.15) is 6.10 Å². The third-order valence-corrected chi connectivity index (χ3v) is 3.64. The molecule has 0 radical (unpaired) electrons. The number of methoxy groups -OCH3 is 1. The van der Waals surface area contributed by atoms with Crippen LogP contribution < -0.4 is 0 Å². The monoisotopic (exact) mass is 279 g/mol. The number of nitrogens with zero attached hydrogens (tertiary/aromatic N) is 1. The molecule has 0 amide bonds. The minimum absolute atomic E-state index is 0.478.